The molecule has 2 amide bonds. The Balaban J connectivity index is 2.01. The van der Waals surface area contributed by atoms with Gasteiger partial charge in [-0.05, 0) is 56.7 Å². The van der Waals surface area contributed by atoms with Crippen molar-refractivity contribution in [1.29, 1.82) is 0 Å². The highest BCUT2D eigenvalue weighted by atomic mass is 35.5. The topological polar surface area (TPSA) is 110 Å². The van der Waals surface area contributed by atoms with Crippen molar-refractivity contribution in [1.82, 2.24) is 14.9 Å². The zero-order valence-corrected chi connectivity index (χ0v) is 20.3. The van der Waals surface area contributed by atoms with E-state index in [2.05, 4.69) is 15.3 Å². The van der Waals surface area contributed by atoms with E-state index in [-0.39, 0.29) is 6.54 Å². The van der Waals surface area contributed by atoms with E-state index in [0.29, 0.717) is 33.1 Å². The van der Waals surface area contributed by atoms with Crippen LogP contribution >= 0.6 is 11.6 Å². The van der Waals surface area contributed by atoms with Crippen molar-refractivity contribution in [3.63, 3.8) is 0 Å². The fraction of sp³-hybridized carbons (Fsp3) is 0.250. The van der Waals surface area contributed by atoms with Gasteiger partial charge in [0.15, 0.2) is 5.69 Å². The molecule has 36 heavy (non-hydrogen) atoms. The van der Waals surface area contributed by atoms with Gasteiger partial charge in [0, 0.05) is 22.6 Å². The summed E-state index contributed by atoms with van der Waals surface area (Å²) in [4.78, 5) is 34.1. The fourth-order valence-electron chi connectivity index (χ4n) is 3.00. The van der Waals surface area contributed by atoms with Crippen LogP contribution in [-0.2, 0) is 17.5 Å². The molecule has 1 aromatic heterocycles. The van der Waals surface area contributed by atoms with E-state index in [1.54, 1.807) is 51.1 Å². The second-order valence-electron chi connectivity index (χ2n) is 8.70. The summed E-state index contributed by atoms with van der Waals surface area (Å²) in [5, 5.41) is 2.96. The smallest absolute Gasteiger partial charge is 0.434 e. The molecule has 190 valence electrons. The largest absolute Gasteiger partial charge is 0.443 e. The number of alkyl halides is 3. The van der Waals surface area contributed by atoms with E-state index in [4.69, 9.17) is 22.1 Å². The molecule has 0 aliphatic rings. The Labute approximate surface area is 210 Å². The SMILES string of the molecule is CC(C)(C)OC(=O)N(Cc1ccc(N)cc1)C(=O)c1cnc(Nc2cccc(Cl)c2)nc1C(F)(F)F. The lowest BCUT2D eigenvalue weighted by Gasteiger charge is -2.27. The van der Waals surface area contributed by atoms with Crippen LogP contribution in [0.3, 0.4) is 0 Å². The number of nitrogens with one attached hydrogen (secondary N) is 1. The third-order valence-corrected chi connectivity index (χ3v) is 4.78. The molecule has 0 saturated heterocycles. The molecule has 0 aliphatic carbocycles. The number of imide groups is 1. The number of halogens is 4. The summed E-state index contributed by atoms with van der Waals surface area (Å²) in [6, 6.07) is 12.3. The lowest BCUT2D eigenvalue weighted by Crippen LogP contribution is -2.41. The van der Waals surface area contributed by atoms with Crippen LogP contribution in [0.4, 0.5) is 35.3 Å². The van der Waals surface area contributed by atoms with Crippen LogP contribution in [0.5, 0.6) is 0 Å². The molecule has 1 heterocycles. The van der Waals surface area contributed by atoms with Gasteiger partial charge in [-0.15, -0.1) is 0 Å². The van der Waals surface area contributed by atoms with Crippen molar-refractivity contribution in [3.8, 4) is 0 Å². The summed E-state index contributed by atoms with van der Waals surface area (Å²) in [5.74, 6) is -1.69. The second kappa shape index (κ2) is 10.4. The van der Waals surface area contributed by atoms with Crippen LogP contribution in [-0.4, -0.2) is 32.5 Å². The molecule has 0 unspecified atom stereocenters. The molecular weight excluding hydrogens is 499 g/mol. The number of aromatic nitrogens is 2. The molecule has 0 fully saturated rings. The molecule has 0 spiro atoms. The third-order valence-electron chi connectivity index (χ3n) is 4.55. The van der Waals surface area contributed by atoms with Gasteiger partial charge >= 0.3 is 12.3 Å². The fourth-order valence-corrected chi connectivity index (χ4v) is 3.19. The number of nitrogen functional groups attached to an aromatic ring is 1. The Bertz CT molecular complexity index is 1260. The summed E-state index contributed by atoms with van der Waals surface area (Å²) in [5.41, 5.74) is 3.45. The van der Waals surface area contributed by atoms with Crippen LogP contribution in [0.1, 0.15) is 42.4 Å². The number of anilines is 3. The molecule has 12 heteroatoms. The van der Waals surface area contributed by atoms with Gasteiger partial charge in [-0.1, -0.05) is 29.8 Å². The van der Waals surface area contributed by atoms with E-state index >= 15 is 0 Å². The number of benzene rings is 2. The first-order chi connectivity index (χ1) is 16.7. The zero-order chi connectivity index (χ0) is 26.7. The number of hydrogen-bond acceptors (Lipinski definition) is 7. The number of nitrogens with zero attached hydrogens (tertiary/aromatic N) is 3. The summed E-state index contributed by atoms with van der Waals surface area (Å²) in [6.45, 7) is 4.33. The number of ether oxygens (including phenoxy) is 1. The average Bonchev–Trinajstić information content (AvgIpc) is 2.76. The van der Waals surface area contributed by atoms with Crippen LogP contribution in [0.15, 0.2) is 54.7 Å². The predicted molar refractivity (Wildman–Crippen MR) is 129 cm³/mol. The van der Waals surface area contributed by atoms with Crippen molar-refractivity contribution >= 4 is 40.9 Å². The predicted octanol–water partition coefficient (Wildman–Crippen LogP) is 6.05. The molecule has 2 aromatic carbocycles. The molecule has 3 N–H and O–H groups in total. The summed E-state index contributed by atoms with van der Waals surface area (Å²) < 4.78 is 47.1. The minimum absolute atomic E-state index is 0.341. The minimum Gasteiger partial charge on any atom is -0.443 e. The molecule has 0 atom stereocenters. The monoisotopic (exact) mass is 521 g/mol. The van der Waals surface area contributed by atoms with E-state index < -0.39 is 41.0 Å². The lowest BCUT2D eigenvalue weighted by molar-refractivity contribution is -0.141. The van der Waals surface area contributed by atoms with Gasteiger partial charge in [-0.2, -0.15) is 13.2 Å². The highest BCUT2D eigenvalue weighted by Crippen LogP contribution is 2.32. The number of rotatable bonds is 5. The van der Waals surface area contributed by atoms with E-state index in [0.717, 1.165) is 0 Å². The van der Waals surface area contributed by atoms with Gasteiger partial charge in [0.2, 0.25) is 5.95 Å². The maximum atomic E-state index is 14.0. The Morgan fingerprint density at radius 2 is 1.78 bits per heavy atom. The number of hydrogen-bond donors (Lipinski definition) is 2. The number of amides is 2. The maximum Gasteiger partial charge on any atom is 0.434 e. The Morgan fingerprint density at radius 3 is 2.36 bits per heavy atom. The van der Waals surface area contributed by atoms with Gasteiger partial charge in [-0.3, -0.25) is 4.79 Å². The van der Waals surface area contributed by atoms with Crippen LogP contribution < -0.4 is 11.1 Å². The van der Waals surface area contributed by atoms with Gasteiger partial charge in [-0.25, -0.2) is 19.7 Å². The van der Waals surface area contributed by atoms with Crippen molar-refractivity contribution in [2.24, 2.45) is 0 Å². The standard InChI is InChI=1S/C24H23ClF3N5O3/c1-23(2,3)36-22(35)33(13-14-7-9-16(29)10-8-14)20(34)18-12-30-21(32-19(18)24(26,27)28)31-17-6-4-5-15(25)11-17/h4-12H,13,29H2,1-3H3,(H,30,31,32). The lowest BCUT2D eigenvalue weighted by atomic mass is 10.1. The van der Waals surface area contributed by atoms with Crippen molar-refractivity contribution < 1.29 is 27.5 Å². The molecular formula is C24H23ClF3N5O3. The highest BCUT2D eigenvalue weighted by molar-refractivity contribution is 6.30. The Morgan fingerprint density at radius 1 is 1.11 bits per heavy atom. The van der Waals surface area contributed by atoms with Gasteiger partial charge in [0.05, 0.1) is 12.1 Å². The van der Waals surface area contributed by atoms with Gasteiger partial charge in [0.25, 0.3) is 5.91 Å². The van der Waals surface area contributed by atoms with Crippen LogP contribution in [0.2, 0.25) is 5.02 Å². The molecule has 0 aliphatic heterocycles. The van der Waals surface area contributed by atoms with E-state index in [9.17, 15) is 22.8 Å². The van der Waals surface area contributed by atoms with Crippen LogP contribution in [0, 0.1) is 0 Å². The summed E-state index contributed by atoms with van der Waals surface area (Å²) in [7, 11) is 0. The third kappa shape index (κ3) is 7.08. The number of nitrogens with two attached hydrogens (primary N) is 1. The van der Waals surface area contributed by atoms with Crippen molar-refractivity contribution in [3.05, 3.63) is 76.6 Å². The summed E-state index contributed by atoms with van der Waals surface area (Å²) in [6.07, 6.45) is -5.44. The Hall–Kier alpha value is -3.86. The van der Waals surface area contributed by atoms with Gasteiger partial charge in [0.1, 0.15) is 5.60 Å². The molecule has 0 radical (unpaired) electrons. The molecule has 3 aromatic rings. The van der Waals surface area contributed by atoms with Crippen molar-refractivity contribution in [2.45, 2.75) is 39.1 Å². The first-order valence-corrected chi connectivity index (χ1v) is 11.0. The van der Waals surface area contributed by atoms with Crippen LogP contribution in [0.25, 0.3) is 0 Å². The van der Waals surface area contributed by atoms with Gasteiger partial charge < -0.3 is 15.8 Å². The molecule has 8 nitrogen and oxygen atoms in total. The Kier molecular flexibility index (Phi) is 7.73. The molecule has 3 rings (SSSR count). The van der Waals surface area contributed by atoms with E-state index in [1.807, 2.05) is 0 Å². The highest BCUT2D eigenvalue weighted by Gasteiger charge is 2.40. The molecule has 0 bridgehead atoms. The van der Waals surface area contributed by atoms with E-state index in [1.165, 1.54) is 18.2 Å². The molecule has 0 saturated carbocycles. The zero-order valence-electron chi connectivity index (χ0n) is 19.6. The number of carbonyl (C=O) groups excluding carboxylic acids is 2. The first-order valence-electron chi connectivity index (χ1n) is 10.6. The minimum atomic E-state index is -5.03. The summed E-state index contributed by atoms with van der Waals surface area (Å²) >= 11 is 5.91. The first kappa shape index (κ1) is 26.7. The second-order valence-corrected chi connectivity index (χ2v) is 9.14. The van der Waals surface area contributed by atoms with Crippen molar-refractivity contribution in [2.75, 3.05) is 11.1 Å². The number of carbonyl (C=O) groups is 2. The normalized spacial score (nSPS) is 11.6. The quantitative estimate of drug-likeness (QED) is 0.393. The average molecular weight is 522 g/mol. The maximum absolute atomic E-state index is 14.0.